The van der Waals surface area contributed by atoms with Gasteiger partial charge < -0.3 is 15.2 Å². The van der Waals surface area contributed by atoms with Gasteiger partial charge in [0.2, 0.25) is 0 Å². The zero-order chi connectivity index (χ0) is 13.7. The highest BCUT2D eigenvalue weighted by Gasteiger charge is 2.40. The van der Waals surface area contributed by atoms with Gasteiger partial charge in [0.25, 0.3) is 0 Å². The van der Waals surface area contributed by atoms with Crippen molar-refractivity contribution in [3.05, 3.63) is 0 Å². The van der Waals surface area contributed by atoms with E-state index in [1.54, 1.807) is 0 Å². The summed E-state index contributed by atoms with van der Waals surface area (Å²) in [5.74, 6) is 0.748. The second kappa shape index (κ2) is 7.05. The fraction of sp³-hybridized carbons (Fsp3) is 1.00. The second-order valence-corrected chi connectivity index (χ2v) is 6.64. The maximum absolute atomic E-state index is 6.48. The lowest BCUT2D eigenvalue weighted by atomic mass is 9.73. The lowest BCUT2D eigenvalue weighted by Gasteiger charge is -2.43. The van der Waals surface area contributed by atoms with E-state index in [1.807, 2.05) is 7.11 Å². The molecule has 0 aromatic heterocycles. The van der Waals surface area contributed by atoms with Gasteiger partial charge in [-0.1, -0.05) is 19.8 Å². The summed E-state index contributed by atoms with van der Waals surface area (Å²) in [6.07, 6.45) is 11.2. The van der Waals surface area contributed by atoms with E-state index < -0.39 is 0 Å². The minimum atomic E-state index is -0.0613. The molecule has 1 saturated carbocycles. The first-order chi connectivity index (χ1) is 9.16. The van der Waals surface area contributed by atoms with Crippen molar-refractivity contribution in [2.45, 2.75) is 82.5 Å². The van der Waals surface area contributed by atoms with Crippen LogP contribution >= 0.6 is 0 Å². The van der Waals surface area contributed by atoms with E-state index in [9.17, 15) is 0 Å². The lowest BCUT2D eigenvalue weighted by Crippen LogP contribution is -2.52. The third-order valence-electron chi connectivity index (χ3n) is 5.14. The number of rotatable bonds is 6. The van der Waals surface area contributed by atoms with Crippen LogP contribution in [0, 0.1) is 5.92 Å². The van der Waals surface area contributed by atoms with Gasteiger partial charge in [-0.2, -0.15) is 0 Å². The van der Waals surface area contributed by atoms with Gasteiger partial charge in [0, 0.05) is 19.8 Å². The molecule has 0 aromatic carbocycles. The average Bonchev–Trinajstić information content (AvgIpc) is 2.91. The maximum Gasteiger partial charge on any atom is 0.0831 e. The van der Waals surface area contributed by atoms with Gasteiger partial charge in [0.15, 0.2) is 0 Å². The Morgan fingerprint density at radius 2 is 2.21 bits per heavy atom. The Labute approximate surface area is 118 Å². The molecule has 4 unspecified atom stereocenters. The molecule has 0 bridgehead atoms. The van der Waals surface area contributed by atoms with Gasteiger partial charge in [0.1, 0.15) is 0 Å². The zero-order valence-corrected chi connectivity index (χ0v) is 12.7. The molecule has 2 aliphatic rings. The Balaban J connectivity index is 1.77. The normalized spacial score (nSPS) is 37.4. The summed E-state index contributed by atoms with van der Waals surface area (Å²) in [6, 6.07) is 0.182. The Morgan fingerprint density at radius 1 is 1.37 bits per heavy atom. The van der Waals surface area contributed by atoms with Crippen LogP contribution in [-0.2, 0) is 9.47 Å². The van der Waals surface area contributed by atoms with E-state index in [1.165, 1.54) is 38.5 Å². The number of methoxy groups -OCH3 is 1. The first-order valence-electron chi connectivity index (χ1n) is 8.08. The third-order valence-corrected chi connectivity index (χ3v) is 5.14. The second-order valence-electron chi connectivity index (χ2n) is 6.64. The minimum Gasteiger partial charge on any atom is -0.378 e. The minimum absolute atomic E-state index is 0.0613. The predicted molar refractivity (Wildman–Crippen MR) is 78.2 cm³/mol. The molecule has 4 atom stereocenters. The Hall–Kier alpha value is -0.120. The number of hydrogen-bond donors (Lipinski definition) is 1. The van der Waals surface area contributed by atoms with E-state index in [-0.39, 0.29) is 11.6 Å². The molecule has 112 valence electrons. The molecule has 19 heavy (non-hydrogen) atoms. The highest BCUT2D eigenvalue weighted by atomic mass is 16.5. The quantitative estimate of drug-likeness (QED) is 0.805. The number of hydrogen-bond acceptors (Lipinski definition) is 3. The van der Waals surface area contributed by atoms with Gasteiger partial charge in [-0.15, -0.1) is 0 Å². The Kier molecular flexibility index (Phi) is 5.67. The fourth-order valence-electron chi connectivity index (χ4n) is 3.92. The standard InChI is InChI=1S/C16H31NO2/c1-13-6-4-10-16(12-13,18-2)15(17)9-3-7-14-8-5-11-19-14/h13-15H,3-12,17H2,1-2H3. The van der Waals surface area contributed by atoms with Crippen LogP contribution in [0.3, 0.4) is 0 Å². The van der Waals surface area contributed by atoms with E-state index in [0.29, 0.717) is 6.10 Å². The summed E-state index contributed by atoms with van der Waals surface area (Å²) in [5, 5.41) is 0. The molecule has 3 nitrogen and oxygen atoms in total. The van der Waals surface area contributed by atoms with Crippen molar-refractivity contribution in [1.29, 1.82) is 0 Å². The Bertz CT molecular complexity index is 265. The molecule has 0 amide bonds. The summed E-state index contributed by atoms with van der Waals surface area (Å²) >= 11 is 0. The monoisotopic (exact) mass is 269 g/mol. The van der Waals surface area contributed by atoms with Gasteiger partial charge in [0.05, 0.1) is 11.7 Å². The lowest BCUT2D eigenvalue weighted by molar-refractivity contribution is -0.0730. The SMILES string of the molecule is COC1(C(N)CCCC2CCCO2)CCCC(C)C1. The van der Waals surface area contributed by atoms with Crippen molar-refractivity contribution in [1.82, 2.24) is 0 Å². The topological polar surface area (TPSA) is 44.5 Å². The molecule has 2 rings (SSSR count). The van der Waals surface area contributed by atoms with E-state index in [0.717, 1.165) is 31.8 Å². The predicted octanol–water partition coefficient (Wildman–Crippen LogP) is 3.26. The highest BCUT2D eigenvalue weighted by Crippen LogP contribution is 2.38. The van der Waals surface area contributed by atoms with Gasteiger partial charge in [-0.05, 0) is 50.9 Å². The molecule has 2 N–H and O–H groups in total. The Morgan fingerprint density at radius 3 is 2.84 bits per heavy atom. The maximum atomic E-state index is 6.48. The van der Waals surface area contributed by atoms with Crippen molar-refractivity contribution >= 4 is 0 Å². The molecule has 0 spiro atoms. The van der Waals surface area contributed by atoms with Crippen LogP contribution in [0.25, 0.3) is 0 Å². The van der Waals surface area contributed by atoms with Gasteiger partial charge >= 0.3 is 0 Å². The van der Waals surface area contributed by atoms with E-state index >= 15 is 0 Å². The van der Waals surface area contributed by atoms with E-state index in [4.69, 9.17) is 15.2 Å². The van der Waals surface area contributed by atoms with Crippen molar-refractivity contribution in [2.75, 3.05) is 13.7 Å². The van der Waals surface area contributed by atoms with Gasteiger partial charge in [-0.25, -0.2) is 0 Å². The van der Waals surface area contributed by atoms with Crippen LogP contribution in [-0.4, -0.2) is 31.5 Å². The highest BCUT2D eigenvalue weighted by molar-refractivity contribution is 4.95. The number of nitrogens with two attached hydrogens (primary N) is 1. The molecule has 2 fully saturated rings. The molecular formula is C16H31NO2. The molecule has 1 saturated heterocycles. The van der Waals surface area contributed by atoms with Crippen LogP contribution in [0.2, 0.25) is 0 Å². The van der Waals surface area contributed by atoms with Crippen LogP contribution in [0.5, 0.6) is 0 Å². The fourth-order valence-corrected chi connectivity index (χ4v) is 3.92. The van der Waals surface area contributed by atoms with Crippen LogP contribution < -0.4 is 5.73 Å². The molecule has 0 aromatic rings. The summed E-state index contributed by atoms with van der Waals surface area (Å²) < 4.78 is 11.6. The average molecular weight is 269 g/mol. The molecule has 0 radical (unpaired) electrons. The molecule has 3 heteroatoms. The van der Waals surface area contributed by atoms with Crippen molar-refractivity contribution in [2.24, 2.45) is 11.7 Å². The molecule has 1 aliphatic carbocycles. The largest absolute Gasteiger partial charge is 0.378 e. The number of ether oxygens (including phenoxy) is 2. The van der Waals surface area contributed by atoms with Gasteiger partial charge in [-0.3, -0.25) is 0 Å². The van der Waals surface area contributed by atoms with Crippen LogP contribution in [0.1, 0.15) is 64.7 Å². The van der Waals surface area contributed by atoms with Crippen LogP contribution in [0.4, 0.5) is 0 Å². The van der Waals surface area contributed by atoms with Crippen molar-refractivity contribution < 1.29 is 9.47 Å². The summed E-state index contributed by atoms with van der Waals surface area (Å²) in [5.41, 5.74) is 6.41. The smallest absolute Gasteiger partial charge is 0.0831 e. The van der Waals surface area contributed by atoms with Crippen molar-refractivity contribution in [3.8, 4) is 0 Å². The molecule has 1 aliphatic heterocycles. The third kappa shape index (κ3) is 3.93. The van der Waals surface area contributed by atoms with Crippen molar-refractivity contribution in [3.63, 3.8) is 0 Å². The van der Waals surface area contributed by atoms with E-state index in [2.05, 4.69) is 6.92 Å². The summed E-state index contributed by atoms with van der Waals surface area (Å²) in [4.78, 5) is 0. The summed E-state index contributed by atoms with van der Waals surface area (Å²) in [6.45, 7) is 3.28. The first kappa shape index (κ1) is 15.3. The molecular weight excluding hydrogens is 238 g/mol. The zero-order valence-electron chi connectivity index (χ0n) is 12.7. The first-order valence-corrected chi connectivity index (χ1v) is 8.08. The summed E-state index contributed by atoms with van der Waals surface area (Å²) in [7, 11) is 1.85. The van der Waals surface area contributed by atoms with Crippen LogP contribution in [0.15, 0.2) is 0 Å². The molecule has 1 heterocycles.